The summed E-state index contributed by atoms with van der Waals surface area (Å²) in [5.74, 6) is 3.91. The molecule has 0 fully saturated rings. The number of thioether (sulfide) groups is 2. The van der Waals surface area contributed by atoms with Crippen molar-refractivity contribution in [3.8, 4) is 0 Å². The van der Waals surface area contributed by atoms with E-state index in [0.29, 0.717) is 0 Å². The summed E-state index contributed by atoms with van der Waals surface area (Å²) in [6, 6.07) is 4.52. The molecule has 0 saturated carbocycles. The maximum atomic E-state index is 3.69. The third-order valence-electron chi connectivity index (χ3n) is 3.43. The van der Waals surface area contributed by atoms with Crippen LogP contribution in [-0.4, -0.2) is 11.5 Å². The van der Waals surface area contributed by atoms with E-state index in [0.717, 1.165) is 11.8 Å². The van der Waals surface area contributed by atoms with Crippen LogP contribution in [0.4, 0.5) is 0 Å². The summed E-state index contributed by atoms with van der Waals surface area (Å²) in [5, 5.41) is 0. The summed E-state index contributed by atoms with van der Waals surface area (Å²) in [5.41, 5.74) is 0. The van der Waals surface area contributed by atoms with Gasteiger partial charge in [-0.15, -0.1) is 23.5 Å². The fraction of sp³-hybridized carbons (Fsp3) is 0.625. The Kier molecular flexibility index (Phi) is 9.28. The van der Waals surface area contributed by atoms with Crippen LogP contribution in [0.3, 0.4) is 0 Å². The molecular formula is C16H24Br2S2. The van der Waals surface area contributed by atoms with E-state index in [1.54, 1.807) is 0 Å². The van der Waals surface area contributed by atoms with Crippen LogP contribution in [0.1, 0.15) is 40.5 Å². The molecule has 1 aromatic carbocycles. The molecule has 0 amide bonds. The highest BCUT2D eigenvalue weighted by atomic mass is 79.9. The summed E-state index contributed by atoms with van der Waals surface area (Å²) < 4.78 is 2.40. The van der Waals surface area contributed by atoms with Gasteiger partial charge in [0.1, 0.15) is 0 Å². The summed E-state index contributed by atoms with van der Waals surface area (Å²) in [6.07, 6.45) is 2.49. The van der Waals surface area contributed by atoms with E-state index >= 15 is 0 Å². The van der Waals surface area contributed by atoms with Crippen LogP contribution in [0.5, 0.6) is 0 Å². The van der Waals surface area contributed by atoms with Crippen LogP contribution in [-0.2, 0) is 0 Å². The Labute approximate surface area is 149 Å². The zero-order valence-corrected chi connectivity index (χ0v) is 17.5. The minimum Gasteiger partial charge on any atom is -0.125 e. The zero-order chi connectivity index (χ0) is 15.1. The highest BCUT2D eigenvalue weighted by Crippen LogP contribution is 2.38. The van der Waals surface area contributed by atoms with Gasteiger partial charge in [0.15, 0.2) is 0 Å². The minimum absolute atomic E-state index is 0.770. The summed E-state index contributed by atoms with van der Waals surface area (Å²) in [7, 11) is 0. The molecule has 2 atom stereocenters. The zero-order valence-electron chi connectivity index (χ0n) is 12.7. The maximum absolute atomic E-state index is 3.69. The van der Waals surface area contributed by atoms with Gasteiger partial charge in [0.25, 0.3) is 0 Å². The van der Waals surface area contributed by atoms with Crippen molar-refractivity contribution in [3.05, 3.63) is 21.1 Å². The van der Waals surface area contributed by atoms with Crippen molar-refractivity contribution in [2.75, 3.05) is 11.5 Å². The third-order valence-corrected chi connectivity index (χ3v) is 8.03. The molecule has 114 valence electrons. The molecule has 1 rings (SSSR count). The molecule has 0 heterocycles. The molecule has 0 spiro atoms. The van der Waals surface area contributed by atoms with E-state index in [2.05, 4.69) is 71.7 Å². The van der Waals surface area contributed by atoms with Crippen molar-refractivity contribution in [3.63, 3.8) is 0 Å². The van der Waals surface area contributed by atoms with Gasteiger partial charge in [-0.3, -0.25) is 0 Å². The molecule has 0 aliphatic rings. The van der Waals surface area contributed by atoms with E-state index in [-0.39, 0.29) is 0 Å². The molecule has 0 unspecified atom stereocenters. The second-order valence-corrected chi connectivity index (χ2v) is 9.19. The van der Waals surface area contributed by atoms with Crippen molar-refractivity contribution in [1.82, 2.24) is 0 Å². The average molecular weight is 440 g/mol. The quantitative estimate of drug-likeness (QED) is 0.384. The monoisotopic (exact) mass is 438 g/mol. The second-order valence-electron chi connectivity index (χ2n) is 5.36. The lowest BCUT2D eigenvalue weighted by Crippen LogP contribution is -1.97. The van der Waals surface area contributed by atoms with Gasteiger partial charge in [-0.2, -0.15) is 0 Å². The molecule has 0 aliphatic heterocycles. The molecule has 20 heavy (non-hydrogen) atoms. The van der Waals surface area contributed by atoms with Crippen molar-refractivity contribution in [2.24, 2.45) is 11.8 Å². The van der Waals surface area contributed by atoms with E-state index in [1.165, 1.54) is 43.1 Å². The molecule has 4 heteroatoms. The first-order valence-corrected chi connectivity index (χ1v) is 10.8. The van der Waals surface area contributed by atoms with Crippen LogP contribution in [0, 0.1) is 11.8 Å². The molecule has 0 bridgehead atoms. The standard InChI is InChI=1S/C16H24Br2S2/c1-5-11(3)9-19-15-8-16(14(18)7-13(15)17)20-10-12(4)6-2/h7-8,11-12H,5-6,9-10H2,1-4H3/t11-,12-/m0/s1. The van der Waals surface area contributed by atoms with Crippen molar-refractivity contribution in [2.45, 2.75) is 50.3 Å². The van der Waals surface area contributed by atoms with Crippen LogP contribution < -0.4 is 0 Å². The molecule has 0 radical (unpaired) electrons. The minimum atomic E-state index is 0.770. The molecular weight excluding hydrogens is 416 g/mol. The average Bonchev–Trinajstić information content (AvgIpc) is 2.44. The first-order chi connectivity index (χ1) is 9.47. The fourth-order valence-electron chi connectivity index (χ4n) is 1.43. The lowest BCUT2D eigenvalue weighted by atomic mass is 10.2. The van der Waals surface area contributed by atoms with E-state index in [9.17, 15) is 0 Å². The SMILES string of the molecule is CC[C@H](C)CSc1cc(SC[C@@H](C)CC)c(Br)cc1Br. The third kappa shape index (κ3) is 6.33. The summed E-state index contributed by atoms with van der Waals surface area (Å²) in [4.78, 5) is 2.72. The number of benzene rings is 1. The molecule has 0 N–H and O–H groups in total. The molecule has 0 nitrogen and oxygen atoms in total. The van der Waals surface area contributed by atoms with E-state index in [4.69, 9.17) is 0 Å². The molecule has 0 aromatic heterocycles. The predicted molar refractivity (Wildman–Crippen MR) is 102 cm³/mol. The highest BCUT2D eigenvalue weighted by molar-refractivity contribution is 9.11. The Morgan fingerprint density at radius 2 is 1.25 bits per heavy atom. The van der Waals surface area contributed by atoms with E-state index < -0.39 is 0 Å². The van der Waals surface area contributed by atoms with Crippen molar-refractivity contribution in [1.29, 1.82) is 0 Å². The molecule has 0 aliphatic carbocycles. The largest absolute Gasteiger partial charge is 0.125 e. The van der Waals surface area contributed by atoms with Gasteiger partial charge in [0.2, 0.25) is 0 Å². The second kappa shape index (κ2) is 9.81. The number of rotatable bonds is 8. The van der Waals surface area contributed by atoms with Crippen LogP contribution in [0.25, 0.3) is 0 Å². The Balaban J connectivity index is 2.75. The predicted octanol–water partition coefficient (Wildman–Crippen LogP) is 7.49. The van der Waals surface area contributed by atoms with Gasteiger partial charge in [-0.1, -0.05) is 40.5 Å². The summed E-state index contributed by atoms with van der Waals surface area (Å²) >= 11 is 11.3. The summed E-state index contributed by atoms with van der Waals surface area (Å²) in [6.45, 7) is 9.15. The normalized spacial score (nSPS) is 14.3. The lowest BCUT2D eigenvalue weighted by Gasteiger charge is -2.13. The fourth-order valence-corrected chi connectivity index (χ4v) is 5.38. The van der Waals surface area contributed by atoms with Gasteiger partial charge in [-0.05, 0) is 55.8 Å². The smallest absolute Gasteiger partial charge is 0.0323 e. The molecule has 1 aromatic rings. The molecule has 0 saturated heterocycles. The number of halogens is 2. The Bertz CT molecular complexity index is 386. The Hall–Kier alpha value is 0.880. The van der Waals surface area contributed by atoms with Crippen molar-refractivity contribution >= 4 is 55.4 Å². The van der Waals surface area contributed by atoms with Crippen molar-refractivity contribution < 1.29 is 0 Å². The van der Waals surface area contributed by atoms with Gasteiger partial charge < -0.3 is 0 Å². The van der Waals surface area contributed by atoms with Gasteiger partial charge in [0, 0.05) is 30.2 Å². The lowest BCUT2D eigenvalue weighted by molar-refractivity contribution is 0.636. The Morgan fingerprint density at radius 1 is 0.850 bits per heavy atom. The van der Waals surface area contributed by atoms with E-state index in [1.807, 2.05) is 23.5 Å². The number of hydrogen-bond acceptors (Lipinski definition) is 2. The topological polar surface area (TPSA) is 0 Å². The van der Waals surface area contributed by atoms with Crippen LogP contribution in [0.2, 0.25) is 0 Å². The van der Waals surface area contributed by atoms with Crippen LogP contribution in [0.15, 0.2) is 30.9 Å². The van der Waals surface area contributed by atoms with Gasteiger partial charge in [0.05, 0.1) is 0 Å². The first kappa shape index (κ1) is 18.9. The highest BCUT2D eigenvalue weighted by Gasteiger charge is 2.10. The Morgan fingerprint density at radius 3 is 1.60 bits per heavy atom. The van der Waals surface area contributed by atoms with Gasteiger partial charge in [-0.25, -0.2) is 0 Å². The number of hydrogen-bond donors (Lipinski definition) is 0. The first-order valence-electron chi connectivity index (χ1n) is 7.22. The maximum Gasteiger partial charge on any atom is 0.0323 e. The van der Waals surface area contributed by atoms with Gasteiger partial charge >= 0.3 is 0 Å². The van der Waals surface area contributed by atoms with Crippen LogP contribution >= 0.6 is 55.4 Å².